The summed E-state index contributed by atoms with van der Waals surface area (Å²) in [5.41, 5.74) is 16.9. The lowest BCUT2D eigenvalue weighted by Crippen LogP contribution is -2.57. The third kappa shape index (κ3) is 12.0. The summed E-state index contributed by atoms with van der Waals surface area (Å²) in [7, 11) is 0. The summed E-state index contributed by atoms with van der Waals surface area (Å²) in [6.07, 6.45) is 0.967. The summed E-state index contributed by atoms with van der Waals surface area (Å²) < 4.78 is 0. The first-order valence-electron chi connectivity index (χ1n) is 12.5. The molecule has 13 heteroatoms. The zero-order chi connectivity index (χ0) is 28.8. The zero-order valence-electron chi connectivity index (χ0n) is 21.8. The van der Waals surface area contributed by atoms with Gasteiger partial charge in [-0.15, -0.1) is 0 Å². The number of primary amides is 1. The highest BCUT2D eigenvalue weighted by molar-refractivity contribution is 5.95. The Bertz CT molecular complexity index is 954. The average Bonchev–Trinajstić information content (AvgIpc) is 2.82. The first-order chi connectivity index (χ1) is 17.8. The van der Waals surface area contributed by atoms with E-state index < -0.39 is 60.2 Å². The fourth-order valence-corrected chi connectivity index (χ4v) is 3.66. The van der Waals surface area contributed by atoms with Gasteiger partial charge in [0, 0.05) is 6.42 Å². The Hall–Kier alpha value is -3.71. The molecule has 1 aromatic carbocycles. The molecule has 0 aliphatic heterocycles. The van der Waals surface area contributed by atoms with Crippen LogP contribution in [0.2, 0.25) is 0 Å². The molecule has 4 unspecified atom stereocenters. The van der Waals surface area contributed by atoms with E-state index >= 15 is 0 Å². The van der Waals surface area contributed by atoms with Gasteiger partial charge >= 0.3 is 5.97 Å². The molecule has 0 saturated carbocycles. The van der Waals surface area contributed by atoms with Gasteiger partial charge in [0.25, 0.3) is 0 Å². The van der Waals surface area contributed by atoms with E-state index in [9.17, 15) is 34.2 Å². The summed E-state index contributed by atoms with van der Waals surface area (Å²) >= 11 is 0. The number of rotatable bonds is 17. The van der Waals surface area contributed by atoms with Crippen LogP contribution in [0.1, 0.15) is 51.5 Å². The number of amides is 4. The molecule has 0 bridgehead atoms. The van der Waals surface area contributed by atoms with E-state index in [1.54, 1.807) is 12.1 Å². The molecule has 4 amide bonds. The Balaban J connectivity index is 3.16. The van der Waals surface area contributed by atoms with Crippen molar-refractivity contribution in [3.63, 3.8) is 0 Å². The number of aromatic hydroxyl groups is 1. The highest BCUT2D eigenvalue weighted by atomic mass is 16.4. The van der Waals surface area contributed by atoms with Crippen molar-refractivity contribution in [1.29, 1.82) is 0 Å². The van der Waals surface area contributed by atoms with Crippen molar-refractivity contribution >= 4 is 29.6 Å². The molecule has 0 radical (unpaired) electrons. The molecule has 0 aliphatic rings. The molecule has 4 atom stereocenters. The average molecular weight is 537 g/mol. The maximum atomic E-state index is 13.2. The highest BCUT2D eigenvalue weighted by Crippen LogP contribution is 2.13. The Morgan fingerprint density at radius 3 is 1.95 bits per heavy atom. The Kier molecular flexibility index (Phi) is 13.8. The number of phenolic OH excluding ortho intramolecular Hbond substituents is 1. The lowest BCUT2D eigenvalue weighted by atomic mass is 10.0. The number of nitrogens with one attached hydrogen (secondary N) is 3. The summed E-state index contributed by atoms with van der Waals surface area (Å²) in [6, 6.07) is 1.22. The SMILES string of the molecule is CC(C)CC(NC(=O)C(Cc1ccc(O)cc1)NC(=O)C(CCCCN)NC(=O)C(N)CC(N)=O)C(=O)O. The smallest absolute Gasteiger partial charge is 0.326 e. The molecule has 212 valence electrons. The van der Waals surface area contributed by atoms with E-state index in [1.807, 2.05) is 13.8 Å². The van der Waals surface area contributed by atoms with Crippen LogP contribution in [0, 0.1) is 5.92 Å². The number of carbonyl (C=O) groups excluding carboxylic acids is 4. The number of carboxylic acids is 1. The number of unbranched alkanes of at least 4 members (excludes halogenated alkanes) is 1. The van der Waals surface area contributed by atoms with Gasteiger partial charge in [0.2, 0.25) is 23.6 Å². The largest absolute Gasteiger partial charge is 0.508 e. The minimum Gasteiger partial charge on any atom is -0.508 e. The van der Waals surface area contributed by atoms with Gasteiger partial charge in [0.05, 0.1) is 12.5 Å². The molecule has 38 heavy (non-hydrogen) atoms. The number of phenols is 1. The third-order valence-electron chi connectivity index (χ3n) is 5.67. The standard InChI is InChI=1S/C25H40N6O7/c1-14(2)11-20(25(37)38)31-24(36)19(12-15-6-8-16(32)9-7-15)30-23(35)18(5-3-4-10-26)29-22(34)17(27)13-21(28)33/h6-9,14,17-20,32H,3-5,10-13,26-27H2,1-2H3,(H2,28,33)(H,29,34)(H,30,35)(H,31,36)(H,37,38). The Labute approximate surface area is 221 Å². The van der Waals surface area contributed by atoms with Crippen LogP contribution in [0.15, 0.2) is 24.3 Å². The molecule has 0 spiro atoms. The normalized spacial score (nSPS) is 14.1. The second-order valence-electron chi connectivity index (χ2n) is 9.58. The van der Waals surface area contributed by atoms with Crippen molar-refractivity contribution in [1.82, 2.24) is 16.0 Å². The van der Waals surface area contributed by atoms with Crippen molar-refractivity contribution in [2.24, 2.45) is 23.1 Å². The van der Waals surface area contributed by atoms with E-state index in [0.717, 1.165) is 0 Å². The first kappa shape index (κ1) is 32.3. The molecular formula is C25H40N6O7. The van der Waals surface area contributed by atoms with Crippen LogP contribution in [0.25, 0.3) is 0 Å². The third-order valence-corrected chi connectivity index (χ3v) is 5.67. The molecule has 0 aliphatic carbocycles. The van der Waals surface area contributed by atoms with Crippen molar-refractivity contribution in [3.05, 3.63) is 29.8 Å². The maximum absolute atomic E-state index is 13.2. The Morgan fingerprint density at radius 2 is 1.42 bits per heavy atom. The van der Waals surface area contributed by atoms with Gasteiger partial charge in [-0.2, -0.15) is 0 Å². The van der Waals surface area contributed by atoms with E-state index in [0.29, 0.717) is 24.9 Å². The molecule has 13 nitrogen and oxygen atoms in total. The van der Waals surface area contributed by atoms with Gasteiger partial charge < -0.3 is 43.4 Å². The molecule has 1 aromatic rings. The van der Waals surface area contributed by atoms with Crippen molar-refractivity contribution < 1.29 is 34.2 Å². The summed E-state index contributed by atoms with van der Waals surface area (Å²) in [5, 5.41) is 26.7. The van der Waals surface area contributed by atoms with Crippen LogP contribution >= 0.6 is 0 Å². The second-order valence-corrected chi connectivity index (χ2v) is 9.58. The van der Waals surface area contributed by atoms with E-state index in [4.69, 9.17) is 17.2 Å². The van der Waals surface area contributed by atoms with Crippen LogP contribution in [0.5, 0.6) is 5.75 Å². The monoisotopic (exact) mass is 536 g/mol. The van der Waals surface area contributed by atoms with Crippen LogP contribution in [0.3, 0.4) is 0 Å². The van der Waals surface area contributed by atoms with Crippen LogP contribution < -0.4 is 33.2 Å². The van der Waals surface area contributed by atoms with Gasteiger partial charge in [-0.1, -0.05) is 26.0 Å². The molecule has 1 rings (SSSR count). The molecule has 0 heterocycles. The van der Waals surface area contributed by atoms with Crippen LogP contribution in [-0.4, -0.2) is 70.5 Å². The lowest BCUT2D eigenvalue weighted by Gasteiger charge is -2.25. The summed E-state index contributed by atoms with van der Waals surface area (Å²) in [4.78, 5) is 61.7. The fourth-order valence-electron chi connectivity index (χ4n) is 3.66. The number of hydrogen-bond donors (Lipinski definition) is 8. The predicted molar refractivity (Wildman–Crippen MR) is 139 cm³/mol. The molecule has 0 aromatic heterocycles. The lowest BCUT2D eigenvalue weighted by molar-refractivity contribution is -0.142. The molecule has 0 saturated heterocycles. The van der Waals surface area contributed by atoms with Gasteiger partial charge in [0.1, 0.15) is 23.9 Å². The molecular weight excluding hydrogens is 496 g/mol. The van der Waals surface area contributed by atoms with Gasteiger partial charge in [0.15, 0.2) is 0 Å². The van der Waals surface area contributed by atoms with Crippen molar-refractivity contribution in [2.75, 3.05) is 6.54 Å². The second kappa shape index (κ2) is 16.2. The van der Waals surface area contributed by atoms with Gasteiger partial charge in [-0.05, 0) is 55.8 Å². The number of aliphatic carboxylic acids is 1. The minimum absolute atomic E-state index is 0.0108. The number of hydrogen-bond acceptors (Lipinski definition) is 8. The zero-order valence-corrected chi connectivity index (χ0v) is 21.8. The van der Waals surface area contributed by atoms with Gasteiger partial charge in [-0.3, -0.25) is 19.2 Å². The highest BCUT2D eigenvalue weighted by Gasteiger charge is 2.31. The van der Waals surface area contributed by atoms with E-state index in [-0.39, 0.29) is 30.9 Å². The number of benzene rings is 1. The predicted octanol–water partition coefficient (Wildman–Crippen LogP) is -1.15. The number of nitrogens with two attached hydrogens (primary N) is 3. The number of carbonyl (C=O) groups is 5. The maximum Gasteiger partial charge on any atom is 0.326 e. The summed E-state index contributed by atoms with van der Waals surface area (Å²) in [6.45, 7) is 3.99. The summed E-state index contributed by atoms with van der Waals surface area (Å²) in [5.74, 6) is -4.19. The van der Waals surface area contributed by atoms with Gasteiger partial charge in [-0.25, -0.2) is 4.79 Å². The number of carboxylic acid groups (broad SMARTS) is 1. The molecule has 11 N–H and O–H groups in total. The van der Waals surface area contributed by atoms with E-state index in [1.165, 1.54) is 12.1 Å². The van der Waals surface area contributed by atoms with E-state index in [2.05, 4.69) is 16.0 Å². The Morgan fingerprint density at radius 1 is 0.868 bits per heavy atom. The molecule has 0 fully saturated rings. The van der Waals surface area contributed by atoms with Crippen molar-refractivity contribution in [2.45, 2.75) is 76.5 Å². The minimum atomic E-state index is -1.26. The van der Waals surface area contributed by atoms with Crippen molar-refractivity contribution in [3.8, 4) is 5.75 Å². The first-order valence-corrected chi connectivity index (χ1v) is 12.5. The quantitative estimate of drug-likeness (QED) is 0.112. The van der Waals surface area contributed by atoms with Crippen LogP contribution in [-0.2, 0) is 30.4 Å². The fraction of sp³-hybridized carbons (Fsp3) is 0.560. The topological polar surface area (TPSA) is 240 Å². The van der Waals surface area contributed by atoms with Crippen LogP contribution in [0.4, 0.5) is 0 Å².